The van der Waals surface area contributed by atoms with Gasteiger partial charge in [0, 0.05) is 36.4 Å². The maximum absolute atomic E-state index is 12.7. The number of carbonyl (C=O) groups excluding carboxylic acids is 1. The number of ether oxygens (including phenoxy) is 1. The zero-order valence-electron chi connectivity index (χ0n) is 15.4. The van der Waals surface area contributed by atoms with Crippen molar-refractivity contribution < 1.29 is 18.9 Å². The number of nitro groups is 1. The topological polar surface area (TPSA) is 85.8 Å². The smallest absolute Gasteiger partial charge is 0.266 e. The summed E-state index contributed by atoms with van der Waals surface area (Å²) in [5, 5.41) is 11.1. The first-order valence-electron chi connectivity index (χ1n) is 9.61. The van der Waals surface area contributed by atoms with Gasteiger partial charge in [-0.1, -0.05) is 24.0 Å². The van der Waals surface area contributed by atoms with E-state index in [1.165, 1.54) is 11.8 Å². The summed E-state index contributed by atoms with van der Waals surface area (Å²) in [6, 6.07) is 3.19. The number of furan rings is 1. The molecule has 7 nitrogen and oxygen atoms in total. The minimum Gasteiger partial charge on any atom is -0.461 e. The highest BCUT2D eigenvalue weighted by atomic mass is 32.2. The van der Waals surface area contributed by atoms with E-state index in [0.717, 1.165) is 38.1 Å². The molecule has 1 amide bonds. The van der Waals surface area contributed by atoms with Crippen LogP contribution in [0.25, 0.3) is 6.08 Å². The van der Waals surface area contributed by atoms with Crippen LogP contribution < -0.4 is 0 Å². The van der Waals surface area contributed by atoms with Gasteiger partial charge in [0.1, 0.15) is 15.8 Å². The first-order chi connectivity index (χ1) is 13.5. The van der Waals surface area contributed by atoms with Gasteiger partial charge in [0.05, 0.1) is 17.6 Å². The lowest BCUT2D eigenvalue weighted by molar-refractivity contribution is -0.527. The Balaban J connectivity index is 1.44. The second-order valence-electron chi connectivity index (χ2n) is 7.47. The molecule has 0 bridgehead atoms. The molecule has 1 saturated carbocycles. The molecule has 4 rings (SSSR count). The zero-order chi connectivity index (χ0) is 19.7. The average molecular weight is 423 g/mol. The fraction of sp³-hybridized carbons (Fsp3) is 0.579. The predicted octanol–water partition coefficient (Wildman–Crippen LogP) is 3.96. The number of carbonyl (C=O) groups is 1. The number of hydrogen-bond acceptors (Lipinski definition) is 7. The van der Waals surface area contributed by atoms with E-state index in [2.05, 4.69) is 0 Å². The lowest BCUT2D eigenvalue weighted by Gasteiger charge is -2.22. The van der Waals surface area contributed by atoms with E-state index in [9.17, 15) is 14.9 Å². The molecule has 1 aromatic heterocycles. The number of thioether (sulfide) groups is 1. The maximum atomic E-state index is 12.7. The Morgan fingerprint density at radius 3 is 2.93 bits per heavy atom. The number of nitrogens with zero attached hydrogens (tertiary/aromatic N) is 2. The van der Waals surface area contributed by atoms with Crippen molar-refractivity contribution in [3.8, 4) is 0 Å². The second kappa shape index (κ2) is 8.34. The molecule has 3 heterocycles. The molecule has 3 atom stereocenters. The summed E-state index contributed by atoms with van der Waals surface area (Å²) in [7, 11) is 0. The minimum absolute atomic E-state index is 0.0536. The summed E-state index contributed by atoms with van der Waals surface area (Å²) in [6.07, 6.45) is 6.58. The molecule has 1 aromatic rings. The molecule has 9 heteroatoms. The standard InChI is InChI=1S/C19H22N2O5S2/c22-18-17(28-19(27)20(18)11-15-5-2-8-25-15)10-14-6-7-16(26-14)12-3-1-4-13(9-12)21(23)24/h6-7,10,12-13,15H,1-5,8-9,11H2. The van der Waals surface area contributed by atoms with Gasteiger partial charge in [-0.05, 0) is 37.8 Å². The van der Waals surface area contributed by atoms with Crippen molar-refractivity contribution in [2.75, 3.05) is 13.2 Å². The summed E-state index contributed by atoms with van der Waals surface area (Å²) >= 11 is 6.64. The lowest BCUT2D eigenvalue weighted by Crippen LogP contribution is -2.35. The maximum Gasteiger partial charge on any atom is 0.266 e. The number of amides is 1. The van der Waals surface area contributed by atoms with E-state index < -0.39 is 6.04 Å². The molecule has 1 aliphatic carbocycles. The van der Waals surface area contributed by atoms with Gasteiger partial charge in [-0.2, -0.15) is 0 Å². The van der Waals surface area contributed by atoms with Crippen LogP contribution in [0.3, 0.4) is 0 Å². The van der Waals surface area contributed by atoms with Crippen molar-refractivity contribution in [2.45, 2.75) is 56.6 Å². The van der Waals surface area contributed by atoms with Gasteiger partial charge in [-0.25, -0.2) is 0 Å². The average Bonchev–Trinajstić information content (AvgIpc) is 3.41. The van der Waals surface area contributed by atoms with E-state index in [1.807, 2.05) is 12.1 Å². The van der Waals surface area contributed by atoms with E-state index in [1.54, 1.807) is 11.0 Å². The fourth-order valence-electron chi connectivity index (χ4n) is 4.06. The Hall–Kier alpha value is -1.71. The number of rotatable bonds is 5. The van der Waals surface area contributed by atoms with Gasteiger partial charge in [0.2, 0.25) is 6.04 Å². The highest BCUT2D eigenvalue weighted by Crippen LogP contribution is 2.37. The van der Waals surface area contributed by atoms with Gasteiger partial charge < -0.3 is 9.15 Å². The van der Waals surface area contributed by atoms with Gasteiger partial charge in [0.15, 0.2) is 0 Å². The molecule has 2 saturated heterocycles. The predicted molar refractivity (Wildman–Crippen MR) is 110 cm³/mol. The van der Waals surface area contributed by atoms with Crippen LogP contribution in [0.5, 0.6) is 0 Å². The van der Waals surface area contributed by atoms with Crippen LogP contribution in [-0.4, -0.2) is 45.3 Å². The first kappa shape index (κ1) is 19.6. The molecule has 0 aromatic carbocycles. The molecule has 3 unspecified atom stereocenters. The summed E-state index contributed by atoms with van der Waals surface area (Å²) in [5.41, 5.74) is 0. The third kappa shape index (κ3) is 4.16. The minimum atomic E-state index is -0.499. The molecular formula is C19H22N2O5S2. The van der Waals surface area contributed by atoms with Crippen LogP contribution in [-0.2, 0) is 9.53 Å². The van der Waals surface area contributed by atoms with Crippen LogP contribution in [0, 0.1) is 10.1 Å². The van der Waals surface area contributed by atoms with Crippen LogP contribution in [0.15, 0.2) is 21.5 Å². The van der Waals surface area contributed by atoms with Crippen molar-refractivity contribution in [2.24, 2.45) is 0 Å². The second-order valence-corrected chi connectivity index (χ2v) is 9.15. The molecule has 3 fully saturated rings. The van der Waals surface area contributed by atoms with Gasteiger partial charge in [-0.15, -0.1) is 0 Å². The van der Waals surface area contributed by atoms with Crippen molar-refractivity contribution in [3.05, 3.63) is 38.7 Å². The monoisotopic (exact) mass is 422 g/mol. The Bertz CT molecular complexity index is 815. The Labute approximate surface area is 172 Å². The van der Waals surface area contributed by atoms with E-state index >= 15 is 0 Å². The molecule has 3 aliphatic rings. The van der Waals surface area contributed by atoms with Crippen LogP contribution >= 0.6 is 24.0 Å². The van der Waals surface area contributed by atoms with E-state index in [4.69, 9.17) is 21.4 Å². The van der Waals surface area contributed by atoms with Crippen molar-refractivity contribution >= 4 is 40.3 Å². The molecule has 0 radical (unpaired) electrons. The number of thiocarbonyl (C=S) groups is 1. The molecule has 2 aliphatic heterocycles. The fourth-order valence-corrected chi connectivity index (χ4v) is 5.31. The lowest BCUT2D eigenvalue weighted by atomic mass is 9.84. The summed E-state index contributed by atoms with van der Waals surface area (Å²) in [6.45, 7) is 1.23. The van der Waals surface area contributed by atoms with E-state index in [-0.39, 0.29) is 22.9 Å². The van der Waals surface area contributed by atoms with E-state index in [0.29, 0.717) is 34.4 Å². The van der Waals surface area contributed by atoms with Gasteiger partial charge >= 0.3 is 0 Å². The first-order valence-corrected chi connectivity index (χ1v) is 10.8. The van der Waals surface area contributed by atoms with Gasteiger partial charge in [-0.3, -0.25) is 19.8 Å². The third-order valence-electron chi connectivity index (χ3n) is 5.55. The Kier molecular flexibility index (Phi) is 5.84. The Morgan fingerprint density at radius 1 is 1.32 bits per heavy atom. The molecule has 0 N–H and O–H groups in total. The molecule has 28 heavy (non-hydrogen) atoms. The normalized spacial score (nSPS) is 29.8. The highest BCUT2D eigenvalue weighted by molar-refractivity contribution is 8.26. The third-order valence-corrected chi connectivity index (χ3v) is 6.93. The van der Waals surface area contributed by atoms with Crippen LogP contribution in [0.2, 0.25) is 0 Å². The molecule has 150 valence electrons. The SMILES string of the molecule is O=C1C(=Cc2ccc(C3CCCC([N+](=O)[O-])C3)o2)SC(=S)N1CC1CCCO1. The van der Waals surface area contributed by atoms with Crippen molar-refractivity contribution in [3.63, 3.8) is 0 Å². The summed E-state index contributed by atoms with van der Waals surface area (Å²) < 4.78 is 12.1. The van der Waals surface area contributed by atoms with Gasteiger partial charge in [0.25, 0.3) is 5.91 Å². The van der Waals surface area contributed by atoms with Crippen LogP contribution in [0.4, 0.5) is 0 Å². The van der Waals surface area contributed by atoms with Crippen molar-refractivity contribution in [1.29, 1.82) is 0 Å². The van der Waals surface area contributed by atoms with Crippen LogP contribution in [0.1, 0.15) is 56.0 Å². The largest absolute Gasteiger partial charge is 0.461 e. The number of hydrogen-bond donors (Lipinski definition) is 0. The van der Waals surface area contributed by atoms with Crippen molar-refractivity contribution in [1.82, 2.24) is 4.90 Å². The zero-order valence-corrected chi connectivity index (χ0v) is 17.0. The quantitative estimate of drug-likeness (QED) is 0.307. The summed E-state index contributed by atoms with van der Waals surface area (Å²) in [5.74, 6) is 1.28. The highest BCUT2D eigenvalue weighted by Gasteiger charge is 2.35. The molecule has 0 spiro atoms. The molecular weight excluding hydrogens is 400 g/mol. The summed E-state index contributed by atoms with van der Waals surface area (Å²) in [4.78, 5) is 25.8. The Morgan fingerprint density at radius 2 is 2.18 bits per heavy atom.